The van der Waals surface area contributed by atoms with E-state index in [-0.39, 0.29) is 23.2 Å². The largest absolute Gasteiger partial charge is 0.480 e. The molecule has 5 rings (SSSR count). The van der Waals surface area contributed by atoms with E-state index in [0.717, 1.165) is 17.0 Å². The molecule has 4 heterocycles. The van der Waals surface area contributed by atoms with Crippen LogP contribution in [0, 0.1) is 5.82 Å². The smallest absolute Gasteiger partial charge is 0.335 e. The number of carboxylic acid groups (broad SMARTS) is 1. The summed E-state index contributed by atoms with van der Waals surface area (Å²) >= 11 is 0. The van der Waals surface area contributed by atoms with Crippen molar-refractivity contribution in [3.05, 3.63) is 111 Å². The van der Waals surface area contributed by atoms with Crippen molar-refractivity contribution in [1.29, 1.82) is 0 Å². The first kappa shape index (κ1) is 28.9. The first-order valence-corrected chi connectivity index (χ1v) is 13.8. The number of rotatable bonds is 9. The second-order valence-electron chi connectivity index (χ2n) is 9.20. The lowest BCUT2D eigenvalue weighted by molar-refractivity contribution is -0.139. The van der Waals surface area contributed by atoms with Crippen molar-refractivity contribution < 1.29 is 31.9 Å². The number of aromatic nitrogens is 4. The third kappa shape index (κ3) is 5.76. The van der Waals surface area contributed by atoms with Gasteiger partial charge >= 0.3 is 11.7 Å². The van der Waals surface area contributed by atoms with E-state index in [0.29, 0.717) is 17.1 Å². The van der Waals surface area contributed by atoms with Crippen molar-refractivity contribution in [2.24, 2.45) is 7.05 Å². The highest BCUT2D eigenvalue weighted by Crippen LogP contribution is 2.18. The van der Waals surface area contributed by atoms with Gasteiger partial charge in [0.25, 0.3) is 21.5 Å². The van der Waals surface area contributed by atoms with Gasteiger partial charge in [-0.2, -0.15) is 8.42 Å². The maximum atomic E-state index is 14.7. The standard InChI is InChI=1S/C27H21FN6O8S/c1-33-21-14-29-9-8-18(21)25(36)34(27(33)39)17-6-4-15(5-7-17)11-20(26(37)38)31-24(35)23-19(28)12-16(13-30-23)32-43(40,41)22-3-2-10-42-22/h2-10,12-14,20,32H,11H2,1H3,(H,31,35)(H,37,38)/t20-/m0/s1. The Kier molecular flexibility index (Phi) is 7.60. The van der Waals surface area contributed by atoms with Crippen LogP contribution in [0.5, 0.6) is 0 Å². The molecule has 0 radical (unpaired) electrons. The monoisotopic (exact) mass is 608 g/mol. The summed E-state index contributed by atoms with van der Waals surface area (Å²) in [4.78, 5) is 58.1. The van der Waals surface area contributed by atoms with Crippen LogP contribution in [0.25, 0.3) is 16.6 Å². The molecule has 0 bridgehead atoms. The zero-order valence-electron chi connectivity index (χ0n) is 22.1. The van der Waals surface area contributed by atoms with Gasteiger partial charge in [-0.05, 0) is 35.9 Å². The summed E-state index contributed by atoms with van der Waals surface area (Å²) in [5.41, 5.74) is -1.20. The molecule has 220 valence electrons. The Morgan fingerprint density at radius 3 is 2.51 bits per heavy atom. The summed E-state index contributed by atoms with van der Waals surface area (Å²) in [5, 5.41) is 11.7. The normalized spacial score (nSPS) is 12.1. The van der Waals surface area contributed by atoms with Crippen LogP contribution in [-0.2, 0) is 28.3 Å². The first-order chi connectivity index (χ1) is 20.5. The molecule has 5 aromatic rings. The predicted molar refractivity (Wildman–Crippen MR) is 149 cm³/mol. The number of carbonyl (C=O) groups excluding carboxylic acids is 1. The van der Waals surface area contributed by atoms with Crippen LogP contribution in [-0.4, -0.2) is 50.5 Å². The fourth-order valence-electron chi connectivity index (χ4n) is 4.25. The Morgan fingerprint density at radius 1 is 1.12 bits per heavy atom. The quantitative estimate of drug-likeness (QED) is 0.220. The van der Waals surface area contributed by atoms with E-state index in [9.17, 15) is 37.1 Å². The number of hydrogen-bond donors (Lipinski definition) is 3. The molecule has 0 fully saturated rings. The number of nitrogens with zero attached hydrogens (tertiary/aromatic N) is 4. The minimum atomic E-state index is -4.16. The van der Waals surface area contributed by atoms with Gasteiger partial charge < -0.3 is 14.8 Å². The molecule has 0 aliphatic rings. The van der Waals surface area contributed by atoms with Gasteiger partial charge in [0.15, 0.2) is 11.5 Å². The molecule has 1 aromatic carbocycles. The number of furan rings is 1. The molecular weight excluding hydrogens is 587 g/mol. The number of carbonyl (C=O) groups is 2. The lowest BCUT2D eigenvalue weighted by Crippen LogP contribution is -2.43. The van der Waals surface area contributed by atoms with Gasteiger partial charge in [0.2, 0.25) is 5.09 Å². The molecule has 4 aromatic heterocycles. The molecule has 0 aliphatic carbocycles. The third-order valence-corrected chi connectivity index (χ3v) is 7.65. The third-order valence-electron chi connectivity index (χ3n) is 6.38. The van der Waals surface area contributed by atoms with E-state index in [2.05, 4.69) is 20.0 Å². The van der Waals surface area contributed by atoms with Gasteiger partial charge in [-0.15, -0.1) is 0 Å². The summed E-state index contributed by atoms with van der Waals surface area (Å²) < 4.78 is 48.3. The van der Waals surface area contributed by atoms with Crippen molar-refractivity contribution in [3.8, 4) is 5.69 Å². The van der Waals surface area contributed by atoms with Crippen molar-refractivity contribution in [2.75, 3.05) is 4.72 Å². The molecule has 0 spiro atoms. The molecule has 0 saturated carbocycles. The number of halogens is 1. The van der Waals surface area contributed by atoms with E-state index < -0.39 is 55.8 Å². The number of benzene rings is 1. The molecular formula is C27H21FN6O8S. The van der Waals surface area contributed by atoms with E-state index in [1.165, 1.54) is 66.5 Å². The van der Waals surface area contributed by atoms with Crippen LogP contribution in [0.4, 0.5) is 10.1 Å². The fraction of sp³-hybridized carbons (Fsp3) is 0.111. The maximum absolute atomic E-state index is 14.7. The number of aryl methyl sites for hydroxylation is 1. The average Bonchev–Trinajstić information content (AvgIpc) is 3.53. The number of anilines is 1. The van der Waals surface area contributed by atoms with Gasteiger partial charge in [0.05, 0.1) is 40.9 Å². The topological polar surface area (TPSA) is 195 Å². The van der Waals surface area contributed by atoms with Crippen LogP contribution in [0.15, 0.2) is 92.5 Å². The number of nitrogens with one attached hydrogen (secondary N) is 2. The van der Waals surface area contributed by atoms with E-state index in [1.807, 2.05) is 0 Å². The Morgan fingerprint density at radius 2 is 1.86 bits per heavy atom. The number of aliphatic carboxylic acids is 1. The van der Waals surface area contributed by atoms with Crippen LogP contribution < -0.4 is 21.3 Å². The van der Waals surface area contributed by atoms with Gasteiger partial charge in [-0.25, -0.2) is 23.5 Å². The Labute approximate surface area is 241 Å². The highest BCUT2D eigenvalue weighted by molar-refractivity contribution is 7.92. The lowest BCUT2D eigenvalue weighted by Gasteiger charge is -2.16. The Balaban J connectivity index is 1.32. The molecule has 0 aliphatic heterocycles. The summed E-state index contributed by atoms with van der Waals surface area (Å²) in [6.07, 6.45) is 4.64. The molecule has 1 atom stereocenters. The number of fused-ring (bicyclic) bond motifs is 1. The summed E-state index contributed by atoms with van der Waals surface area (Å²) in [6.45, 7) is 0. The van der Waals surface area contributed by atoms with E-state index in [4.69, 9.17) is 4.42 Å². The fourth-order valence-corrected chi connectivity index (χ4v) is 5.21. The molecule has 16 heteroatoms. The minimum Gasteiger partial charge on any atom is -0.480 e. The average molecular weight is 609 g/mol. The van der Waals surface area contributed by atoms with Crippen molar-refractivity contribution >= 4 is 38.5 Å². The van der Waals surface area contributed by atoms with Crippen LogP contribution >= 0.6 is 0 Å². The second kappa shape index (κ2) is 11.3. The van der Waals surface area contributed by atoms with Crippen LogP contribution in [0.1, 0.15) is 16.1 Å². The number of carboxylic acids is 1. The summed E-state index contributed by atoms with van der Waals surface area (Å²) in [6, 6.07) is 9.10. The Hall–Kier alpha value is -5.64. The Bertz CT molecular complexity index is 2090. The predicted octanol–water partition coefficient (Wildman–Crippen LogP) is 1.44. The van der Waals surface area contributed by atoms with Gasteiger partial charge in [-0.1, -0.05) is 12.1 Å². The second-order valence-corrected chi connectivity index (χ2v) is 10.8. The maximum Gasteiger partial charge on any atom is 0.335 e. The van der Waals surface area contributed by atoms with Gasteiger partial charge in [0, 0.05) is 25.7 Å². The zero-order chi connectivity index (χ0) is 30.9. The van der Waals surface area contributed by atoms with Gasteiger partial charge in [-0.3, -0.25) is 23.9 Å². The van der Waals surface area contributed by atoms with Crippen molar-refractivity contribution in [1.82, 2.24) is 24.4 Å². The first-order valence-electron chi connectivity index (χ1n) is 12.4. The number of pyridine rings is 2. The molecule has 1 amide bonds. The zero-order valence-corrected chi connectivity index (χ0v) is 22.9. The van der Waals surface area contributed by atoms with Crippen molar-refractivity contribution in [2.45, 2.75) is 17.6 Å². The summed E-state index contributed by atoms with van der Waals surface area (Å²) in [7, 11) is -2.66. The number of hydrogen-bond acceptors (Lipinski definition) is 9. The number of amides is 1. The highest BCUT2D eigenvalue weighted by atomic mass is 32.2. The highest BCUT2D eigenvalue weighted by Gasteiger charge is 2.25. The van der Waals surface area contributed by atoms with Crippen LogP contribution in [0.3, 0.4) is 0 Å². The van der Waals surface area contributed by atoms with Gasteiger partial charge in [0.1, 0.15) is 6.04 Å². The van der Waals surface area contributed by atoms with Crippen molar-refractivity contribution in [3.63, 3.8) is 0 Å². The molecule has 3 N–H and O–H groups in total. The molecule has 14 nitrogen and oxygen atoms in total. The minimum absolute atomic E-state index is 0.234. The molecule has 43 heavy (non-hydrogen) atoms. The van der Waals surface area contributed by atoms with E-state index >= 15 is 0 Å². The molecule has 0 saturated heterocycles. The molecule has 0 unspecified atom stereocenters. The SMILES string of the molecule is Cn1c(=O)n(-c2ccc(C[C@H](NC(=O)c3ncc(NS(=O)(=O)c4ccco4)cc3F)C(=O)O)cc2)c(=O)c2ccncc21. The lowest BCUT2D eigenvalue weighted by atomic mass is 10.1. The van der Waals surface area contributed by atoms with Crippen LogP contribution in [0.2, 0.25) is 0 Å². The summed E-state index contributed by atoms with van der Waals surface area (Å²) in [5.74, 6) is -3.78. The van der Waals surface area contributed by atoms with E-state index in [1.54, 1.807) is 0 Å². The number of sulfonamides is 1.